The third-order valence-electron chi connectivity index (χ3n) is 1.89. The molecule has 0 bridgehead atoms. The van der Waals surface area contributed by atoms with Gasteiger partial charge in [-0.3, -0.25) is 0 Å². The van der Waals surface area contributed by atoms with Crippen molar-refractivity contribution in [1.29, 1.82) is 0 Å². The van der Waals surface area contributed by atoms with Gasteiger partial charge in [0.25, 0.3) is 0 Å². The van der Waals surface area contributed by atoms with Crippen molar-refractivity contribution in [2.45, 2.75) is 39.7 Å². The van der Waals surface area contributed by atoms with Crippen LogP contribution in [-0.2, 0) is 4.74 Å². The van der Waals surface area contributed by atoms with Crippen molar-refractivity contribution in [2.24, 2.45) is 5.92 Å². The monoisotopic (exact) mass is 160 g/mol. The van der Waals surface area contributed by atoms with E-state index in [2.05, 4.69) is 6.92 Å². The van der Waals surface area contributed by atoms with Crippen LogP contribution in [0.5, 0.6) is 0 Å². The number of ether oxygens (including phenoxy) is 1. The van der Waals surface area contributed by atoms with Gasteiger partial charge in [0.05, 0.1) is 6.10 Å². The molecule has 0 aliphatic heterocycles. The van der Waals surface area contributed by atoms with Crippen molar-refractivity contribution < 1.29 is 9.84 Å². The van der Waals surface area contributed by atoms with Crippen LogP contribution >= 0.6 is 0 Å². The third-order valence-corrected chi connectivity index (χ3v) is 1.89. The minimum absolute atomic E-state index is 0.208. The molecule has 1 N–H and O–H groups in total. The summed E-state index contributed by atoms with van der Waals surface area (Å²) in [4.78, 5) is 0. The van der Waals surface area contributed by atoms with E-state index in [1.54, 1.807) is 0 Å². The van der Waals surface area contributed by atoms with Gasteiger partial charge >= 0.3 is 0 Å². The Morgan fingerprint density at radius 2 is 1.91 bits per heavy atom. The highest BCUT2D eigenvalue weighted by molar-refractivity contribution is 4.57. The Bertz CT molecular complexity index is 81.6. The van der Waals surface area contributed by atoms with Gasteiger partial charge in [0, 0.05) is 13.2 Å². The summed E-state index contributed by atoms with van der Waals surface area (Å²) in [6.07, 6.45) is 1.82. The number of aliphatic hydroxyl groups is 1. The Morgan fingerprint density at radius 3 is 2.36 bits per heavy atom. The molecule has 2 nitrogen and oxygen atoms in total. The Morgan fingerprint density at radius 1 is 1.27 bits per heavy atom. The van der Waals surface area contributed by atoms with E-state index in [1.165, 1.54) is 0 Å². The van der Waals surface area contributed by atoms with Crippen LogP contribution in [0.2, 0.25) is 0 Å². The molecule has 0 aliphatic carbocycles. The highest BCUT2D eigenvalue weighted by atomic mass is 16.5. The first-order chi connectivity index (χ1) is 5.18. The molecule has 0 aromatic rings. The third kappa shape index (κ3) is 6.32. The summed E-state index contributed by atoms with van der Waals surface area (Å²) in [5, 5.41) is 9.12. The molecule has 0 aliphatic rings. The standard InChI is InChI=1S/C9H20O2/c1-4-6-11-7-5-8(2)9(3)10/h8-10H,4-7H2,1-3H3. The molecule has 68 valence electrons. The number of rotatable bonds is 6. The summed E-state index contributed by atoms with van der Waals surface area (Å²) in [5.74, 6) is 0.354. The predicted molar refractivity (Wildman–Crippen MR) is 46.6 cm³/mol. The van der Waals surface area contributed by atoms with Crippen molar-refractivity contribution in [3.05, 3.63) is 0 Å². The summed E-state index contributed by atoms with van der Waals surface area (Å²) in [6, 6.07) is 0. The van der Waals surface area contributed by atoms with Gasteiger partial charge in [-0.2, -0.15) is 0 Å². The molecule has 2 heteroatoms. The molecule has 0 aromatic carbocycles. The average molecular weight is 160 g/mol. The van der Waals surface area contributed by atoms with Gasteiger partial charge in [0.15, 0.2) is 0 Å². The lowest BCUT2D eigenvalue weighted by molar-refractivity contribution is 0.0816. The van der Waals surface area contributed by atoms with E-state index >= 15 is 0 Å². The molecular weight excluding hydrogens is 140 g/mol. The topological polar surface area (TPSA) is 29.5 Å². The van der Waals surface area contributed by atoms with E-state index in [0.717, 1.165) is 26.1 Å². The molecule has 0 saturated heterocycles. The van der Waals surface area contributed by atoms with Crippen molar-refractivity contribution in [2.75, 3.05) is 13.2 Å². The van der Waals surface area contributed by atoms with Gasteiger partial charge in [-0.15, -0.1) is 0 Å². The van der Waals surface area contributed by atoms with E-state index < -0.39 is 0 Å². The van der Waals surface area contributed by atoms with Crippen molar-refractivity contribution in [3.8, 4) is 0 Å². The maximum absolute atomic E-state index is 9.12. The Balaban J connectivity index is 3.10. The summed E-state index contributed by atoms with van der Waals surface area (Å²) < 4.78 is 5.29. The first kappa shape index (κ1) is 10.9. The van der Waals surface area contributed by atoms with Crippen molar-refractivity contribution in [1.82, 2.24) is 0 Å². The SMILES string of the molecule is CCCOCCC(C)C(C)O. The van der Waals surface area contributed by atoms with E-state index in [0.29, 0.717) is 5.92 Å². The van der Waals surface area contributed by atoms with E-state index in [1.807, 2.05) is 13.8 Å². The Labute approximate surface area is 69.6 Å². The van der Waals surface area contributed by atoms with Crippen LogP contribution in [0.4, 0.5) is 0 Å². The molecule has 0 saturated carbocycles. The fraction of sp³-hybridized carbons (Fsp3) is 1.00. The minimum atomic E-state index is -0.208. The molecule has 0 rings (SSSR count). The highest BCUT2D eigenvalue weighted by Gasteiger charge is 2.07. The van der Waals surface area contributed by atoms with E-state index in [-0.39, 0.29) is 6.10 Å². The van der Waals surface area contributed by atoms with Crippen LogP contribution in [0.25, 0.3) is 0 Å². The van der Waals surface area contributed by atoms with Gasteiger partial charge in [0.2, 0.25) is 0 Å². The first-order valence-corrected chi connectivity index (χ1v) is 4.44. The van der Waals surface area contributed by atoms with Crippen molar-refractivity contribution >= 4 is 0 Å². The van der Waals surface area contributed by atoms with Gasteiger partial charge in [-0.05, 0) is 25.7 Å². The summed E-state index contributed by atoms with van der Waals surface area (Å²) in [5.41, 5.74) is 0. The second-order valence-corrected chi connectivity index (χ2v) is 3.12. The summed E-state index contributed by atoms with van der Waals surface area (Å²) in [7, 11) is 0. The maximum Gasteiger partial charge on any atom is 0.0538 e. The second kappa shape index (κ2) is 6.62. The first-order valence-electron chi connectivity index (χ1n) is 4.44. The van der Waals surface area contributed by atoms with Crippen LogP contribution < -0.4 is 0 Å². The normalized spacial score (nSPS) is 16.4. The molecule has 0 heterocycles. The number of hydrogen-bond donors (Lipinski definition) is 1. The van der Waals surface area contributed by atoms with Gasteiger partial charge in [0.1, 0.15) is 0 Å². The van der Waals surface area contributed by atoms with E-state index in [4.69, 9.17) is 9.84 Å². The predicted octanol–water partition coefficient (Wildman–Crippen LogP) is 1.82. The molecule has 0 spiro atoms. The van der Waals surface area contributed by atoms with Gasteiger partial charge in [-0.1, -0.05) is 13.8 Å². The fourth-order valence-corrected chi connectivity index (χ4v) is 0.757. The molecule has 0 aromatic heterocycles. The van der Waals surface area contributed by atoms with Crippen molar-refractivity contribution in [3.63, 3.8) is 0 Å². The Kier molecular flexibility index (Phi) is 6.57. The van der Waals surface area contributed by atoms with Crippen LogP contribution in [0.15, 0.2) is 0 Å². The van der Waals surface area contributed by atoms with Crippen LogP contribution in [-0.4, -0.2) is 24.4 Å². The minimum Gasteiger partial charge on any atom is -0.393 e. The summed E-state index contributed by atoms with van der Waals surface area (Å²) in [6.45, 7) is 7.58. The quantitative estimate of drug-likeness (QED) is 0.600. The largest absolute Gasteiger partial charge is 0.393 e. The van der Waals surface area contributed by atoms with Crippen LogP contribution in [0.1, 0.15) is 33.6 Å². The molecular formula is C9H20O2. The number of aliphatic hydroxyl groups excluding tert-OH is 1. The number of hydrogen-bond acceptors (Lipinski definition) is 2. The lowest BCUT2D eigenvalue weighted by Gasteiger charge is -2.13. The fourth-order valence-electron chi connectivity index (χ4n) is 0.757. The maximum atomic E-state index is 9.12. The zero-order valence-corrected chi connectivity index (χ0v) is 7.84. The lowest BCUT2D eigenvalue weighted by atomic mass is 10.0. The highest BCUT2D eigenvalue weighted by Crippen LogP contribution is 2.06. The van der Waals surface area contributed by atoms with Crippen LogP contribution in [0, 0.1) is 5.92 Å². The zero-order chi connectivity index (χ0) is 8.69. The van der Waals surface area contributed by atoms with E-state index in [9.17, 15) is 0 Å². The molecule has 2 atom stereocenters. The molecule has 0 fully saturated rings. The lowest BCUT2D eigenvalue weighted by Crippen LogP contribution is -2.15. The van der Waals surface area contributed by atoms with Gasteiger partial charge in [-0.25, -0.2) is 0 Å². The Hall–Kier alpha value is -0.0800. The molecule has 0 radical (unpaired) electrons. The molecule has 0 amide bonds. The summed E-state index contributed by atoms with van der Waals surface area (Å²) >= 11 is 0. The molecule has 2 unspecified atom stereocenters. The molecule has 11 heavy (non-hydrogen) atoms. The van der Waals surface area contributed by atoms with Gasteiger partial charge < -0.3 is 9.84 Å². The zero-order valence-electron chi connectivity index (χ0n) is 7.84. The second-order valence-electron chi connectivity index (χ2n) is 3.12. The average Bonchev–Trinajstić information content (AvgIpc) is 1.97. The van der Waals surface area contributed by atoms with Crippen LogP contribution in [0.3, 0.4) is 0 Å². The smallest absolute Gasteiger partial charge is 0.0538 e.